The Kier molecular flexibility index (Phi) is 6.30. The summed E-state index contributed by atoms with van der Waals surface area (Å²) in [4.78, 5) is 16.8. The first-order valence-electron chi connectivity index (χ1n) is 9.07. The van der Waals surface area contributed by atoms with Crippen LogP contribution < -0.4 is 15.0 Å². The number of halogens is 2. The molecule has 1 atom stereocenters. The van der Waals surface area contributed by atoms with Crippen LogP contribution in [-0.4, -0.2) is 54.7 Å². The van der Waals surface area contributed by atoms with Crippen LogP contribution in [0.4, 0.5) is 20.2 Å². The van der Waals surface area contributed by atoms with Gasteiger partial charge in [0.1, 0.15) is 11.5 Å². The SMILES string of the molecule is C[C@H](C(=O)Nc1ccccc1OC(F)F)N1CCN(c2ccc(O)cc2)CC1. The molecule has 150 valence electrons. The Morgan fingerprint density at radius 2 is 1.71 bits per heavy atom. The van der Waals surface area contributed by atoms with Gasteiger partial charge in [0.25, 0.3) is 0 Å². The van der Waals surface area contributed by atoms with Gasteiger partial charge in [-0.25, -0.2) is 0 Å². The van der Waals surface area contributed by atoms with Crippen LogP contribution in [0.25, 0.3) is 0 Å². The molecule has 2 aromatic rings. The zero-order chi connectivity index (χ0) is 20.1. The minimum atomic E-state index is -2.96. The third-order valence-corrected chi connectivity index (χ3v) is 4.82. The number of carbonyl (C=O) groups is 1. The first kappa shape index (κ1) is 19.9. The summed E-state index contributed by atoms with van der Waals surface area (Å²) >= 11 is 0. The maximum atomic E-state index is 12.6. The van der Waals surface area contributed by atoms with Crippen LogP contribution in [0, 0.1) is 0 Å². The fourth-order valence-corrected chi connectivity index (χ4v) is 3.20. The minimum Gasteiger partial charge on any atom is -0.508 e. The lowest BCUT2D eigenvalue weighted by Gasteiger charge is -2.38. The summed E-state index contributed by atoms with van der Waals surface area (Å²) < 4.78 is 29.5. The molecule has 1 aliphatic heterocycles. The van der Waals surface area contributed by atoms with E-state index < -0.39 is 12.7 Å². The van der Waals surface area contributed by atoms with Gasteiger partial charge < -0.3 is 20.1 Å². The number of aromatic hydroxyl groups is 1. The zero-order valence-corrected chi connectivity index (χ0v) is 15.5. The standard InChI is InChI=1S/C20H23F2N3O3/c1-14(19(27)23-17-4-2-3-5-18(17)28-20(21)22)24-10-12-25(13-11-24)15-6-8-16(26)9-7-15/h2-9,14,20,26H,10-13H2,1H3,(H,23,27)/t14-/m1/s1. The molecule has 1 heterocycles. The van der Waals surface area contributed by atoms with Crippen LogP contribution in [0.5, 0.6) is 11.5 Å². The van der Waals surface area contributed by atoms with E-state index in [9.17, 15) is 18.7 Å². The number of carbonyl (C=O) groups excluding carboxylic acids is 1. The number of amides is 1. The van der Waals surface area contributed by atoms with Gasteiger partial charge in [-0.1, -0.05) is 12.1 Å². The molecule has 0 radical (unpaired) electrons. The lowest BCUT2D eigenvalue weighted by molar-refractivity contribution is -0.120. The molecular formula is C20H23F2N3O3. The number of benzene rings is 2. The summed E-state index contributed by atoms with van der Waals surface area (Å²) in [7, 11) is 0. The van der Waals surface area contributed by atoms with Crippen molar-refractivity contribution in [3.05, 3.63) is 48.5 Å². The number of hydrogen-bond acceptors (Lipinski definition) is 5. The summed E-state index contributed by atoms with van der Waals surface area (Å²) in [5.74, 6) is -0.109. The number of anilines is 2. The van der Waals surface area contributed by atoms with Crippen LogP contribution in [-0.2, 0) is 4.79 Å². The quantitative estimate of drug-likeness (QED) is 0.792. The van der Waals surface area contributed by atoms with Crippen molar-refractivity contribution in [2.24, 2.45) is 0 Å². The topological polar surface area (TPSA) is 65.0 Å². The van der Waals surface area contributed by atoms with E-state index in [1.54, 1.807) is 31.2 Å². The molecule has 3 rings (SSSR count). The van der Waals surface area contributed by atoms with Gasteiger partial charge >= 0.3 is 6.61 Å². The number of ether oxygens (including phenoxy) is 1. The Bertz CT molecular complexity index is 794. The van der Waals surface area contributed by atoms with Gasteiger partial charge in [-0.3, -0.25) is 9.69 Å². The molecule has 1 fully saturated rings. The number of alkyl halides is 2. The number of nitrogens with one attached hydrogen (secondary N) is 1. The molecule has 2 aromatic carbocycles. The van der Waals surface area contributed by atoms with Gasteiger partial charge in [0, 0.05) is 31.9 Å². The number of para-hydroxylation sites is 2. The Balaban J connectivity index is 1.57. The van der Waals surface area contributed by atoms with Gasteiger partial charge in [-0.15, -0.1) is 0 Å². The number of phenols is 1. The van der Waals surface area contributed by atoms with Crippen molar-refractivity contribution in [2.75, 3.05) is 36.4 Å². The number of hydrogen-bond donors (Lipinski definition) is 2. The van der Waals surface area contributed by atoms with E-state index in [1.807, 2.05) is 17.0 Å². The van der Waals surface area contributed by atoms with Crippen molar-refractivity contribution in [1.82, 2.24) is 4.90 Å². The number of rotatable bonds is 6. The Labute approximate surface area is 162 Å². The molecule has 0 aromatic heterocycles. The molecule has 0 bridgehead atoms. The van der Waals surface area contributed by atoms with E-state index in [0.717, 1.165) is 18.8 Å². The monoisotopic (exact) mass is 391 g/mol. The molecule has 0 saturated carbocycles. The third kappa shape index (κ3) is 4.89. The fourth-order valence-electron chi connectivity index (χ4n) is 3.20. The Morgan fingerprint density at radius 3 is 2.36 bits per heavy atom. The van der Waals surface area contributed by atoms with Gasteiger partial charge in [0.15, 0.2) is 0 Å². The summed E-state index contributed by atoms with van der Waals surface area (Å²) in [6.45, 7) is 1.70. The molecule has 1 saturated heterocycles. The van der Waals surface area contributed by atoms with E-state index in [1.165, 1.54) is 12.1 Å². The van der Waals surface area contributed by atoms with E-state index in [-0.39, 0.29) is 23.1 Å². The van der Waals surface area contributed by atoms with Crippen molar-refractivity contribution >= 4 is 17.3 Å². The maximum absolute atomic E-state index is 12.6. The summed E-state index contributed by atoms with van der Waals surface area (Å²) in [6, 6.07) is 12.7. The van der Waals surface area contributed by atoms with Gasteiger partial charge in [0.05, 0.1) is 11.7 Å². The molecule has 1 aliphatic rings. The fraction of sp³-hybridized carbons (Fsp3) is 0.350. The molecule has 8 heteroatoms. The van der Waals surface area contributed by atoms with Crippen LogP contribution in [0.3, 0.4) is 0 Å². The lowest BCUT2D eigenvalue weighted by Crippen LogP contribution is -2.52. The van der Waals surface area contributed by atoms with Crippen molar-refractivity contribution in [1.29, 1.82) is 0 Å². The predicted molar refractivity (Wildman–Crippen MR) is 103 cm³/mol. The molecule has 1 amide bonds. The van der Waals surface area contributed by atoms with Gasteiger partial charge in [0.2, 0.25) is 5.91 Å². The van der Waals surface area contributed by atoms with E-state index >= 15 is 0 Å². The van der Waals surface area contributed by atoms with Crippen LogP contribution in [0.1, 0.15) is 6.92 Å². The highest BCUT2D eigenvalue weighted by Gasteiger charge is 2.26. The highest BCUT2D eigenvalue weighted by molar-refractivity contribution is 5.95. The molecule has 0 aliphatic carbocycles. The zero-order valence-electron chi connectivity index (χ0n) is 15.5. The van der Waals surface area contributed by atoms with Crippen molar-refractivity contribution in [2.45, 2.75) is 19.6 Å². The third-order valence-electron chi connectivity index (χ3n) is 4.82. The van der Waals surface area contributed by atoms with Crippen LogP contribution in [0.15, 0.2) is 48.5 Å². The Hall–Kier alpha value is -2.87. The summed E-state index contributed by atoms with van der Waals surface area (Å²) in [6.07, 6.45) is 0. The molecule has 6 nitrogen and oxygen atoms in total. The highest BCUT2D eigenvalue weighted by atomic mass is 19.3. The van der Waals surface area contributed by atoms with Crippen molar-refractivity contribution in [3.8, 4) is 11.5 Å². The highest BCUT2D eigenvalue weighted by Crippen LogP contribution is 2.26. The van der Waals surface area contributed by atoms with Crippen molar-refractivity contribution in [3.63, 3.8) is 0 Å². The van der Waals surface area contributed by atoms with Crippen LogP contribution in [0.2, 0.25) is 0 Å². The molecular weight excluding hydrogens is 368 g/mol. The first-order valence-corrected chi connectivity index (χ1v) is 9.07. The number of piperazine rings is 1. The number of nitrogens with zero attached hydrogens (tertiary/aromatic N) is 2. The average molecular weight is 391 g/mol. The molecule has 0 unspecified atom stereocenters. The number of phenolic OH excluding ortho intramolecular Hbond substituents is 1. The van der Waals surface area contributed by atoms with E-state index in [2.05, 4.69) is 15.0 Å². The van der Waals surface area contributed by atoms with Gasteiger partial charge in [-0.05, 0) is 43.3 Å². The van der Waals surface area contributed by atoms with Gasteiger partial charge in [-0.2, -0.15) is 8.78 Å². The maximum Gasteiger partial charge on any atom is 0.387 e. The molecule has 28 heavy (non-hydrogen) atoms. The van der Waals surface area contributed by atoms with Crippen LogP contribution >= 0.6 is 0 Å². The lowest BCUT2D eigenvalue weighted by atomic mass is 10.2. The summed E-state index contributed by atoms with van der Waals surface area (Å²) in [5.41, 5.74) is 1.25. The van der Waals surface area contributed by atoms with Crippen molar-refractivity contribution < 1.29 is 23.4 Å². The predicted octanol–water partition coefficient (Wildman–Crippen LogP) is 3.14. The molecule has 2 N–H and O–H groups in total. The van der Waals surface area contributed by atoms with E-state index in [4.69, 9.17) is 0 Å². The largest absolute Gasteiger partial charge is 0.508 e. The second-order valence-electron chi connectivity index (χ2n) is 6.58. The second kappa shape index (κ2) is 8.88. The van der Waals surface area contributed by atoms with E-state index in [0.29, 0.717) is 13.1 Å². The average Bonchev–Trinajstić information content (AvgIpc) is 2.69. The Morgan fingerprint density at radius 1 is 1.07 bits per heavy atom. The molecule has 0 spiro atoms. The second-order valence-corrected chi connectivity index (χ2v) is 6.58. The normalized spacial score (nSPS) is 16.1. The smallest absolute Gasteiger partial charge is 0.387 e. The minimum absolute atomic E-state index is 0.0600. The first-order chi connectivity index (χ1) is 13.4. The summed E-state index contributed by atoms with van der Waals surface area (Å²) in [5, 5.41) is 12.1.